The maximum Gasteiger partial charge on any atom is 0.0887 e. The summed E-state index contributed by atoms with van der Waals surface area (Å²) in [4.78, 5) is 5.21. The Morgan fingerprint density at radius 3 is 2.13 bits per heavy atom. The van der Waals surface area contributed by atoms with Crippen molar-refractivity contribution in [3.8, 4) is 0 Å². The van der Waals surface area contributed by atoms with Gasteiger partial charge in [0, 0.05) is 26.2 Å². The van der Waals surface area contributed by atoms with Crippen LogP contribution in [-0.2, 0) is 0 Å². The summed E-state index contributed by atoms with van der Waals surface area (Å²) in [5, 5.41) is 0. The van der Waals surface area contributed by atoms with Gasteiger partial charge in [0.1, 0.15) is 0 Å². The predicted octanol–water partition coefficient (Wildman–Crippen LogP) is 2.01. The highest BCUT2D eigenvalue weighted by molar-refractivity contribution is 5.25. The van der Waals surface area contributed by atoms with E-state index in [0.717, 1.165) is 0 Å². The molecule has 2 heterocycles. The number of rotatable bonds is 1. The van der Waals surface area contributed by atoms with Crippen molar-refractivity contribution in [1.82, 2.24) is 9.80 Å². The summed E-state index contributed by atoms with van der Waals surface area (Å²) >= 11 is 0. The maximum atomic E-state index is 2.61. The van der Waals surface area contributed by atoms with Gasteiger partial charge in [-0.15, -0.1) is 0 Å². The van der Waals surface area contributed by atoms with Gasteiger partial charge in [0.15, 0.2) is 0 Å². The Balaban J connectivity index is 1.90. The molecule has 3 rings (SSSR count). The van der Waals surface area contributed by atoms with Crippen LogP contribution in [0.2, 0.25) is 0 Å². The van der Waals surface area contributed by atoms with E-state index in [1.54, 1.807) is 0 Å². The van der Waals surface area contributed by atoms with Crippen molar-refractivity contribution in [3.63, 3.8) is 0 Å². The average Bonchev–Trinajstić information content (AvgIpc) is 2.51. The molecule has 0 aliphatic carbocycles. The Bertz CT molecular complexity index is 328. The first kappa shape index (κ1) is 9.37. The van der Waals surface area contributed by atoms with Gasteiger partial charge in [-0.3, -0.25) is 9.80 Å². The molecule has 2 saturated heterocycles. The van der Waals surface area contributed by atoms with E-state index in [-0.39, 0.29) is 0 Å². The van der Waals surface area contributed by atoms with Crippen LogP contribution in [-0.4, -0.2) is 36.0 Å². The molecule has 2 fully saturated rings. The summed E-state index contributed by atoms with van der Waals surface area (Å²) in [7, 11) is 0. The molecule has 80 valence electrons. The van der Waals surface area contributed by atoms with E-state index in [1.165, 1.54) is 43.7 Å². The van der Waals surface area contributed by atoms with Gasteiger partial charge in [-0.25, -0.2) is 0 Å². The molecule has 1 aromatic rings. The summed E-state index contributed by atoms with van der Waals surface area (Å²) in [6, 6.07) is 9.03. The lowest BCUT2D eigenvalue weighted by Gasteiger charge is -2.35. The van der Waals surface area contributed by atoms with Crippen molar-refractivity contribution in [2.45, 2.75) is 19.5 Å². The standard InChI is InChI=1S/C13H18N2/c1-11-3-5-12(6-4-11)13-14-7-2-8-15(13)10-9-14/h3-6,13H,2,7-10H2,1H3. The van der Waals surface area contributed by atoms with Crippen LogP contribution in [0.1, 0.15) is 23.7 Å². The summed E-state index contributed by atoms with van der Waals surface area (Å²) in [6.07, 6.45) is 1.90. The van der Waals surface area contributed by atoms with E-state index in [1.807, 2.05) is 0 Å². The average molecular weight is 202 g/mol. The molecule has 0 saturated carbocycles. The number of aryl methyl sites for hydroxylation is 1. The Hall–Kier alpha value is -0.860. The largest absolute Gasteiger partial charge is 0.283 e. The van der Waals surface area contributed by atoms with Gasteiger partial charge in [-0.2, -0.15) is 0 Å². The molecular formula is C13H18N2. The molecule has 0 amide bonds. The molecule has 2 nitrogen and oxygen atoms in total. The van der Waals surface area contributed by atoms with Crippen molar-refractivity contribution < 1.29 is 0 Å². The highest BCUT2D eigenvalue weighted by Crippen LogP contribution is 2.33. The third kappa shape index (κ3) is 1.58. The molecule has 2 atom stereocenters. The number of hydrogen-bond donors (Lipinski definition) is 0. The predicted molar refractivity (Wildman–Crippen MR) is 61.7 cm³/mol. The van der Waals surface area contributed by atoms with Crippen LogP contribution < -0.4 is 0 Å². The molecule has 0 N–H and O–H groups in total. The van der Waals surface area contributed by atoms with Crippen LogP contribution in [0.3, 0.4) is 0 Å². The minimum Gasteiger partial charge on any atom is -0.283 e. The first-order valence-corrected chi connectivity index (χ1v) is 5.89. The highest BCUT2D eigenvalue weighted by atomic mass is 15.4. The van der Waals surface area contributed by atoms with Gasteiger partial charge in [-0.1, -0.05) is 29.8 Å². The van der Waals surface area contributed by atoms with E-state index >= 15 is 0 Å². The fourth-order valence-electron chi connectivity index (χ4n) is 2.84. The van der Waals surface area contributed by atoms with Crippen molar-refractivity contribution in [2.24, 2.45) is 0 Å². The molecule has 2 aliphatic rings. The van der Waals surface area contributed by atoms with Crippen LogP contribution in [0, 0.1) is 6.92 Å². The van der Waals surface area contributed by atoms with Crippen LogP contribution in [0.5, 0.6) is 0 Å². The zero-order valence-electron chi connectivity index (χ0n) is 9.32. The van der Waals surface area contributed by atoms with E-state index < -0.39 is 0 Å². The Morgan fingerprint density at radius 2 is 1.53 bits per heavy atom. The molecule has 15 heavy (non-hydrogen) atoms. The quantitative estimate of drug-likeness (QED) is 0.687. The molecule has 2 unspecified atom stereocenters. The Kier molecular flexibility index (Phi) is 2.26. The molecule has 1 aromatic carbocycles. The minimum absolute atomic E-state index is 0.569. The van der Waals surface area contributed by atoms with E-state index in [0.29, 0.717) is 6.17 Å². The third-order valence-electron chi connectivity index (χ3n) is 3.63. The molecule has 0 radical (unpaired) electrons. The van der Waals surface area contributed by atoms with Gasteiger partial charge in [0.25, 0.3) is 0 Å². The number of hydrogen-bond acceptors (Lipinski definition) is 2. The van der Waals surface area contributed by atoms with Crippen molar-refractivity contribution in [1.29, 1.82) is 0 Å². The van der Waals surface area contributed by atoms with E-state index in [4.69, 9.17) is 0 Å². The summed E-state index contributed by atoms with van der Waals surface area (Å²) in [5.74, 6) is 0. The number of nitrogens with zero attached hydrogens (tertiary/aromatic N) is 2. The number of fused-ring (bicyclic) bond motifs is 2. The van der Waals surface area contributed by atoms with E-state index in [9.17, 15) is 0 Å². The molecule has 0 spiro atoms. The summed E-state index contributed by atoms with van der Waals surface area (Å²) < 4.78 is 0. The lowest BCUT2D eigenvalue weighted by atomic mass is 10.1. The first-order chi connectivity index (χ1) is 7.34. The van der Waals surface area contributed by atoms with E-state index in [2.05, 4.69) is 41.0 Å². The monoisotopic (exact) mass is 202 g/mol. The second-order valence-electron chi connectivity index (χ2n) is 4.71. The summed E-state index contributed by atoms with van der Waals surface area (Å²) in [6.45, 7) is 7.20. The smallest absolute Gasteiger partial charge is 0.0887 e. The highest BCUT2D eigenvalue weighted by Gasteiger charge is 2.35. The van der Waals surface area contributed by atoms with Crippen LogP contribution in [0.4, 0.5) is 0 Å². The van der Waals surface area contributed by atoms with Gasteiger partial charge < -0.3 is 0 Å². The van der Waals surface area contributed by atoms with Gasteiger partial charge in [-0.05, 0) is 18.9 Å². The summed E-state index contributed by atoms with van der Waals surface area (Å²) in [5.41, 5.74) is 2.82. The number of benzene rings is 1. The van der Waals surface area contributed by atoms with Gasteiger partial charge in [0.05, 0.1) is 6.17 Å². The Morgan fingerprint density at radius 1 is 0.933 bits per heavy atom. The SMILES string of the molecule is Cc1ccc(C2N3CCCN2CC3)cc1. The first-order valence-electron chi connectivity index (χ1n) is 5.89. The second-order valence-corrected chi connectivity index (χ2v) is 4.71. The molecule has 2 heteroatoms. The fraction of sp³-hybridized carbons (Fsp3) is 0.538. The van der Waals surface area contributed by atoms with Gasteiger partial charge in [0.2, 0.25) is 0 Å². The zero-order valence-corrected chi connectivity index (χ0v) is 9.32. The van der Waals surface area contributed by atoms with Crippen molar-refractivity contribution in [3.05, 3.63) is 35.4 Å². The van der Waals surface area contributed by atoms with Crippen molar-refractivity contribution in [2.75, 3.05) is 26.2 Å². The van der Waals surface area contributed by atoms with Gasteiger partial charge >= 0.3 is 0 Å². The molecular weight excluding hydrogens is 184 g/mol. The normalized spacial score (nSPS) is 34.3. The lowest BCUT2D eigenvalue weighted by molar-refractivity contribution is 0.0928. The maximum absolute atomic E-state index is 2.61. The van der Waals surface area contributed by atoms with Crippen molar-refractivity contribution >= 4 is 0 Å². The van der Waals surface area contributed by atoms with Crippen LogP contribution in [0.15, 0.2) is 24.3 Å². The lowest BCUT2D eigenvalue weighted by Crippen LogP contribution is -2.37. The zero-order chi connectivity index (χ0) is 10.3. The molecule has 2 bridgehead atoms. The fourth-order valence-corrected chi connectivity index (χ4v) is 2.84. The topological polar surface area (TPSA) is 6.48 Å². The molecule has 2 aliphatic heterocycles. The second kappa shape index (κ2) is 3.62. The van der Waals surface area contributed by atoms with Crippen LogP contribution in [0.25, 0.3) is 0 Å². The Labute approximate surface area is 91.5 Å². The molecule has 0 aromatic heterocycles. The third-order valence-corrected chi connectivity index (χ3v) is 3.63. The van der Waals surface area contributed by atoms with Crippen LogP contribution >= 0.6 is 0 Å². The minimum atomic E-state index is 0.569.